The van der Waals surface area contributed by atoms with Crippen molar-refractivity contribution in [2.75, 3.05) is 18.4 Å². The van der Waals surface area contributed by atoms with E-state index >= 15 is 0 Å². The van der Waals surface area contributed by atoms with E-state index < -0.39 is 5.97 Å². The number of benzene rings is 2. The largest absolute Gasteiger partial charge is 0.478 e. The van der Waals surface area contributed by atoms with Crippen molar-refractivity contribution in [2.45, 2.75) is 57.0 Å². The predicted octanol–water partition coefficient (Wildman–Crippen LogP) is 5.93. The van der Waals surface area contributed by atoms with Crippen molar-refractivity contribution >= 4 is 34.6 Å². The molecular formula is C31H33N5O5. The number of aromatic carboxylic acids is 1. The van der Waals surface area contributed by atoms with E-state index in [9.17, 15) is 19.5 Å². The number of urea groups is 1. The van der Waals surface area contributed by atoms with E-state index in [1.54, 1.807) is 29.6 Å². The van der Waals surface area contributed by atoms with Crippen molar-refractivity contribution < 1.29 is 23.9 Å². The minimum Gasteiger partial charge on any atom is -0.478 e. The molecule has 0 spiro atoms. The van der Waals surface area contributed by atoms with E-state index in [1.807, 2.05) is 24.3 Å². The van der Waals surface area contributed by atoms with Gasteiger partial charge in [0.25, 0.3) is 5.91 Å². The number of piperidine rings is 1. The van der Waals surface area contributed by atoms with Crippen LogP contribution in [0.5, 0.6) is 0 Å². The van der Waals surface area contributed by atoms with Gasteiger partial charge in [-0.15, -0.1) is 0 Å². The molecule has 1 atom stereocenters. The molecule has 0 bridgehead atoms. The summed E-state index contributed by atoms with van der Waals surface area (Å²) >= 11 is 0. The molecule has 1 saturated carbocycles. The van der Waals surface area contributed by atoms with Gasteiger partial charge in [-0.25, -0.2) is 14.6 Å². The number of hydrogen-bond donors (Lipinski definition) is 3. The zero-order chi connectivity index (χ0) is 28.3. The van der Waals surface area contributed by atoms with Crippen LogP contribution in [0, 0.1) is 0 Å². The zero-order valence-electron chi connectivity index (χ0n) is 22.7. The highest BCUT2D eigenvalue weighted by molar-refractivity contribution is 5.98. The first-order chi connectivity index (χ1) is 20.0. The first-order valence-corrected chi connectivity index (χ1v) is 14.2. The summed E-state index contributed by atoms with van der Waals surface area (Å²) in [5.41, 5.74) is 3.75. The van der Waals surface area contributed by atoms with Crippen molar-refractivity contribution in [3.05, 3.63) is 72.2 Å². The van der Waals surface area contributed by atoms with Crippen LogP contribution in [0.2, 0.25) is 0 Å². The van der Waals surface area contributed by atoms with Gasteiger partial charge in [-0.1, -0.05) is 25.3 Å². The third-order valence-corrected chi connectivity index (χ3v) is 8.08. The van der Waals surface area contributed by atoms with Crippen LogP contribution in [0.25, 0.3) is 22.4 Å². The first-order valence-electron chi connectivity index (χ1n) is 14.2. The van der Waals surface area contributed by atoms with Crippen LogP contribution in [0.4, 0.5) is 10.5 Å². The average molecular weight is 556 g/mol. The summed E-state index contributed by atoms with van der Waals surface area (Å²) in [6.07, 6.45) is 10.7. The molecule has 10 nitrogen and oxygen atoms in total. The fourth-order valence-electron chi connectivity index (χ4n) is 6.02. The van der Waals surface area contributed by atoms with Crippen molar-refractivity contribution in [3.63, 3.8) is 0 Å². The molecule has 3 N–H and O–H groups in total. The molecule has 10 heteroatoms. The van der Waals surface area contributed by atoms with Gasteiger partial charge >= 0.3 is 12.0 Å². The Kier molecular flexibility index (Phi) is 7.45. The van der Waals surface area contributed by atoms with Gasteiger partial charge in [-0.3, -0.25) is 4.79 Å². The summed E-state index contributed by atoms with van der Waals surface area (Å²) in [4.78, 5) is 44.0. The van der Waals surface area contributed by atoms with Gasteiger partial charge in [0, 0.05) is 36.4 Å². The van der Waals surface area contributed by atoms with Crippen LogP contribution in [0.3, 0.4) is 0 Å². The molecule has 41 heavy (non-hydrogen) atoms. The summed E-state index contributed by atoms with van der Waals surface area (Å²) in [7, 11) is 0. The number of furan rings is 1. The molecule has 1 aliphatic heterocycles. The topological polar surface area (TPSA) is 130 Å². The second-order valence-corrected chi connectivity index (χ2v) is 10.9. The molecule has 4 aromatic rings. The third-order valence-electron chi connectivity index (χ3n) is 8.08. The fourth-order valence-corrected chi connectivity index (χ4v) is 6.02. The Morgan fingerprint density at radius 1 is 0.951 bits per heavy atom. The summed E-state index contributed by atoms with van der Waals surface area (Å²) in [5.74, 6) is -0.398. The van der Waals surface area contributed by atoms with Crippen molar-refractivity contribution in [1.29, 1.82) is 0 Å². The highest BCUT2D eigenvalue weighted by atomic mass is 16.4. The normalized spacial score (nSPS) is 17.9. The van der Waals surface area contributed by atoms with Gasteiger partial charge in [0.1, 0.15) is 12.1 Å². The summed E-state index contributed by atoms with van der Waals surface area (Å²) < 4.78 is 7.66. The number of rotatable bonds is 6. The molecule has 2 fully saturated rings. The molecule has 1 aliphatic carbocycles. The van der Waals surface area contributed by atoms with E-state index in [4.69, 9.17) is 9.40 Å². The molecule has 3 heterocycles. The third kappa shape index (κ3) is 5.68. The number of fused-ring (bicyclic) bond motifs is 1. The monoisotopic (exact) mass is 555 g/mol. The van der Waals surface area contributed by atoms with Crippen molar-refractivity contribution in [3.8, 4) is 11.4 Å². The molecule has 212 valence electrons. The minimum absolute atomic E-state index is 0.101. The maximum absolute atomic E-state index is 13.3. The van der Waals surface area contributed by atoms with E-state index in [0.717, 1.165) is 48.1 Å². The number of anilines is 1. The quantitative estimate of drug-likeness (QED) is 0.271. The SMILES string of the molecule is O=C(O)c1cccc(NC(=O)N2CCCC(NC(=O)c3ccc4c(c3)nc(-c3ccoc3)n4C3CCCCC3)C2)c1. The standard InChI is InChI=1S/C31H33N5O5/c37-29(32-24-8-5-14-35(18-24)31(40)33-23-7-4-6-21(16-23)30(38)39)20-11-12-27-26(17-20)34-28(22-13-15-41-19-22)36(27)25-9-2-1-3-10-25/h4,6-7,11-13,15-17,19,24-25H,1-3,5,8-10,14,18H2,(H,32,37)(H,33,40)(H,38,39). The van der Waals surface area contributed by atoms with Gasteiger partial charge in [-0.05, 0) is 68.1 Å². The van der Waals surface area contributed by atoms with E-state index in [2.05, 4.69) is 15.2 Å². The lowest BCUT2D eigenvalue weighted by Crippen LogP contribution is -2.50. The number of aromatic nitrogens is 2. The number of amides is 3. The van der Waals surface area contributed by atoms with E-state index in [-0.39, 0.29) is 23.5 Å². The molecule has 2 aromatic heterocycles. The number of carboxylic acid groups (broad SMARTS) is 1. The average Bonchev–Trinajstić information content (AvgIpc) is 3.66. The highest BCUT2D eigenvalue weighted by Gasteiger charge is 2.27. The summed E-state index contributed by atoms with van der Waals surface area (Å²) in [5, 5.41) is 15.1. The lowest BCUT2D eigenvalue weighted by Gasteiger charge is -2.33. The molecule has 3 amide bonds. The van der Waals surface area contributed by atoms with Crippen molar-refractivity contribution in [2.24, 2.45) is 0 Å². The second-order valence-electron chi connectivity index (χ2n) is 10.9. The molecule has 1 saturated heterocycles. The molecule has 0 radical (unpaired) electrons. The maximum atomic E-state index is 13.3. The number of carbonyl (C=O) groups is 3. The fraction of sp³-hybridized carbons (Fsp3) is 0.355. The molecule has 2 aliphatic rings. The van der Waals surface area contributed by atoms with Crippen LogP contribution >= 0.6 is 0 Å². The second kappa shape index (κ2) is 11.5. The summed E-state index contributed by atoms with van der Waals surface area (Å²) in [6, 6.07) is 13.6. The lowest BCUT2D eigenvalue weighted by molar-refractivity contribution is 0.0696. The van der Waals surface area contributed by atoms with Crippen LogP contribution in [-0.4, -0.2) is 56.6 Å². The number of carbonyl (C=O) groups excluding carboxylic acids is 2. The van der Waals surface area contributed by atoms with E-state index in [1.165, 1.54) is 31.4 Å². The lowest BCUT2D eigenvalue weighted by atomic mass is 9.95. The smallest absolute Gasteiger partial charge is 0.335 e. The number of nitrogens with zero attached hydrogens (tertiary/aromatic N) is 3. The molecular weight excluding hydrogens is 522 g/mol. The Bertz CT molecular complexity index is 1570. The Balaban J connectivity index is 1.16. The molecule has 6 rings (SSSR count). The first kappa shape index (κ1) is 26.6. The number of imidazole rings is 1. The molecule has 2 aromatic carbocycles. The van der Waals surface area contributed by atoms with Crippen LogP contribution < -0.4 is 10.6 Å². The number of nitrogens with one attached hydrogen (secondary N) is 2. The predicted molar refractivity (Wildman–Crippen MR) is 154 cm³/mol. The van der Waals surface area contributed by atoms with Crippen LogP contribution in [0.1, 0.15) is 71.7 Å². The maximum Gasteiger partial charge on any atom is 0.335 e. The molecule has 1 unspecified atom stereocenters. The van der Waals surface area contributed by atoms with Gasteiger partial charge in [0.15, 0.2) is 0 Å². The number of carboxylic acids is 1. The van der Waals surface area contributed by atoms with Gasteiger partial charge in [-0.2, -0.15) is 0 Å². The van der Waals surface area contributed by atoms with Gasteiger partial charge < -0.3 is 29.6 Å². The minimum atomic E-state index is -1.06. The Hall–Kier alpha value is -4.60. The Labute approximate surface area is 237 Å². The van der Waals surface area contributed by atoms with Gasteiger partial charge in [0.2, 0.25) is 0 Å². The highest BCUT2D eigenvalue weighted by Crippen LogP contribution is 2.36. The summed E-state index contributed by atoms with van der Waals surface area (Å²) in [6.45, 7) is 0.914. The van der Waals surface area contributed by atoms with E-state index in [0.29, 0.717) is 30.4 Å². The van der Waals surface area contributed by atoms with Gasteiger partial charge in [0.05, 0.1) is 28.4 Å². The van der Waals surface area contributed by atoms with Crippen LogP contribution in [-0.2, 0) is 0 Å². The number of likely N-dealkylation sites (tertiary alicyclic amines) is 1. The Morgan fingerprint density at radius 3 is 2.59 bits per heavy atom. The zero-order valence-corrected chi connectivity index (χ0v) is 22.7. The van der Waals surface area contributed by atoms with Crippen LogP contribution in [0.15, 0.2) is 65.5 Å². The van der Waals surface area contributed by atoms with Crippen molar-refractivity contribution in [1.82, 2.24) is 19.8 Å². The Morgan fingerprint density at radius 2 is 1.80 bits per heavy atom. The number of hydrogen-bond acceptors (Lipinski definition) is 5.